The van der Waals surface area contributed by atoms with E-state index in [4.69, 9.17) is 24.0 Å². The minimum atomic E-state index is -4.83. The van der Waals surface area contributed by atoms with E-state index in [1.807, 2.05) is 12.2 Å². The molecule has 1 rings (SSSR count). The van der Waals surface area contributed by atoms with Crippen molar-refractivity contribution in [3.8, 4) is 0 Å². The number of unbranched alkanes of at least 4 members (excludes halogenated alkanes) is 14. The Labute approximate surface area is 325 Å². The summed E-state index contributed by atoms with van der Waals surface area (Å²) in [4.78, 5) is 43.1. The van der Waals surface area contributed by atoms with Crippen molar-refractivity contribution in [2.45, 2.75) is 192 Å². The second-order valence-corrected chi connectivity index (χ2v) is 15.7. The highest BCUT2D eigenvalue weighted by Gasteiger charge is 2.35. The van der Waals surface area contributed by atoms with Crippen LogP contribution in [0.5, 0.6) is 0 Å². The Balaban J connectivity index is 2.35. The molecule has 1 fully saturated rings. The van der Waals surface area contributed by atoms with Crippen LogP contribution in [-0.4, -0.2) is 81.0 Å². The molecule has 0 aromatic rings. The van der Waals surface area contributed by atoms with E-state index in [1.165, 1.54) is 51.4 Å². The van der Waals surface area contributed by atoms with Gasteiger partial charge in [0.05, 0.1) is 24.9 Å². The Bertz CT molecular complexity index is 1090. The summed E-state index contributed by atoms with van der Waals surface area (Å²) in [5, 5.41) is 30.8. The van der Waals surface area contributed by atoms with Crippen molar-refractivity contribution in [2.24, 2.45) is 5.92 Å². The predicted octanol–water partition coefficient (Wildman–Crippen LogP) is 8.29. The van der Waals surface area contributed by atoms with Crippen LogP contribution < -0.4 is 0 Å². The van der Waals surface area contributed by atoms with E-state index in [1.54, 1.807) is 12.2 Å². The lowest BCUT2D eigenvalue weighted by Crippen LogP contribution is -2.43. The largest absolute Gasteiger partial charge is 0.469 e. The summed E-state index contributed by atoms with van der Waals surface area (Å²) in [5.74, 6) is -1.41. The minimum absolute atomic E-state index is 0.0170. The predicted molar refractivity (Wildman–Crippen MR) is 210 cm³/mol. The SMILES string of the molecule is CCCCCC/C=C\CCCCCCCCCC(=O)OC[C@H](COP(=O)(O)O)OC(=O)CCC/C=C\C[C@H]1[C@@H](O)CC(O)O[C@@H]1/C=C/[C@@H](O)CCCCC. The zero-order valence-corrected chi connectivity index (χ0v) is 34.0. The first kappa shape index (κ1) is 50.1. The van der Waals surface area contributed by atoms with E-state index in [0.29, 0.717) is 32.1 Å². The molecule has 0 radical (unpaired) electrons. The van der Waals surface area contributed by atoms with Gasteiger partial charge >= 0.3 is 19.8 Å². The number of hydrogen-bond donors (Lipinski definition) is 5. The Morgan fingerprint density at radius 1 is 0.759 bits per heavy atom. The Morgan fingerprint density at radius 3 is 2.00 bits per heavy atom. The highest BCUT2D eigenvalue weighted by molar-refractivity contribution is 7.46. The smallest absolute Gasteiger partial charge is 0.462 e. The molecule has 0 amide bonds. The van der Waals surface area contributed by atoms with Crippen LogP contribution in [0.15, 0.2) is 36.5 Å². The summed E-state index contributed by atoms with van der Waals surface area (Å²) in [6, 6.07) is 0. The van der Waals surface area contributed by atoms with E-state index in [0.717, 1.165) is 44.9 Å². The maximum atomic E-state index is 12.5. The monoisotopic (exact) mass is 788 g/mol. The van der Waals surface area contributed by atoms with Crippen LogP contribution in [0.25, 0.3) is 0 Å². The Morgan fingerprint density at radius 2 is 1.33 bits per heavy atom. The van der Waals surface area contributed by atoms with Gasteiger partial charge in [-0.25, -0.2) is 4.57 Å². The van der Waals surface area contributed by atoms with Gasteiger partial charge < -0.3 is 39.3 Å². The Kier molecular flexibility index (Phi) is 29.9. The molecule has 1 saturated heterocycles. The lowest BCUT2D eigenvalue weighted by atomic mass is 9.87. The van der Waals surface area contributed by atoms with Crippen LogP contribution in [0.1, 0.15) is 162 Å². The summed E-state index contributed by atoms with van der Waals surface area (Å²) in [7, 11) is -4.83. The number of carbonyl (C=O) groups is 2. The second-order valence-electron chi connectivity index (χ2n) is 14.5. The first-order valence-corrected chi connectivity index (χ1v) is 22.2. The number of carbonyl (C=O) groups excluding carboxylic acids is 2. The quantitative estimate of drug-likeness (QED) is 0.0186. The van der Waals surface area contributed by atoms with Crippen molar-refractivity contribution in [3.63, 3.8) is 0 Å². The summed E-state index contributed by atoms with van der Waals surface area (Å²) in [6.07, 6.45) is 27.7. The molecular weight excluding hydrogens is 715 g/mol. The lowest BCUT2D eigenvalue weighted by Gasteiger charge is -2.36. The number of esters is 2. The average molecular weight is 789 g/mol. The van der Waals surface area contributed by atoms with Crippen LogP contribution in [-0.2, 0) is 32.9 Å². The molecule has 0 spiro atoms. The summed E-state index contributed by atoms with van der Waals surface area (Å²) < 4.78 is 32.0. The topological polar surface area (TPSA) is 189 Å². The number of aliphatic hydroxyl groups is 3. The molecule has 0 bridgehead atoms. The summed E-state index contributed by atoms with van der Waals surface area (Å²) in [6.45, 7) is 3.33. The van der Waals surface area contributed by atoms with Gasteiger partial charge in [0.1, 0.15) is 6.61 Å². The van der Waals surface area contributed by atoms with Gasteiger partial charge in [0.2, 0.25) is 0 Å². The molecule has 6 atom stereocenters. The number of aliphatic hydroxyl groups excluding tert-OH is 3. The van der Waals surface area contributed by atoms with Crippen LogP contribution in [0.4, 0.5) is 0 Å². The molecule has 12 nitrogen and oxygen atoms in total. The lowest BCUT2D eigenvalue weighted by molar-refractivity contribution is -0.199. The van der Waals surface area contributed by atoms with Crippen molar-refractivity contribution in [3.05, 3.63) is 36.5 Å². The van der Waals surface area contributed by atoms with Gasteiger partial charge in [-0.2, -0.15) is 0 Å². The molecular formula is C41H73O12P. The molecule has 1 aliphatic rings. The zero-order chi connectivity index (χ0) is 39.9. The van der Waals surface area contributed by atoms with Gasteiger partial charge in [0.25, 0.3) is 0 Å². The van der Waals surface area contributed by atoms with Crippen molar-refractivity contribution in [1.82, 2.24) is 0 Å². The first-order valence-electron chi connectivity index (χ1n) is 20.7. The van der Waals surface area contributed by atoms with Gasteiger partial charge in [0, 0.05) is 25.2 Å². The minimum Gasteiger partial charge on any atom is -0.462 e. The van der Waals surface area contributed by atoms with E-state index < -0.39 is 57.1 Å². The fraction of sp³-hybridized carbons (Fsp3) is 0.805. The third-order valence-corrected chi connectivity index (χ3v) is 9.91. The van der Waals surface area contributed by atoms with Crippen LogP contribution in [0.3, 0.4) is 0 Å². The fourth-order valence-corrected chi connectivity index (χ4v) is 6.59. The third kappa shape index (κ3) is 28.5. The molecule has 13 heteroatoms. The van der Waals surface area contributed by atoms with Gasteiger partial charge in [-0.15, -0.1) is 0 Å². The van der Waals surface area contributed by atoms with Crippen molar-refractivity contribution in [2.75, 3.05) is 13.2 Å². The molecule has 54 heavy (non-hydrogen) atoms. The number of rotatable bonds is 33. The zero-order valence-electron chi connectivity index (χ0n) is 33.1. The number of hydrogen-bond acceptors (Lipinski definition) is 10. The fourth-order valence-electron chi connectivity index (χ4n) is 6.23. The number of ether oxygens (including phenoxy) is 3. The molecule has 314 valence electrons. The Hall–Kier alpha value is -1.89. The molecule has 5 N–H and O–H groups in total. The highest BCUT2D eigenvalue weighted by Crippen LogP contribution is 2.36. The van der Waals surface area contributed by atoms with E-state index in [9.17, 15) is 29.5 Å². The van der Waals surface area contributed by atoms with E-state index in [2.05, 4.69) is 30.5 Å². The summed E-state index contributed by atoms with van der Waals surface area (Å²) in [5.41, 5.74) is 0. The maximum Gasteiger partial charge on any atom is 0.469 e. The second kappa shape index (κ2) is 32.2. The van der Waals surface area contributed by atoms with Gasteiger partial charge in [-0.05, 0) is 57.8 Å². The molecule has 1 heterocycles. The standard InChI is InChI=1S/C41H73O12P/c1-3-5-7-8-9-10-11-12-13-14-15-16-17-18-23-27-39(44)50-32-35(33-51-54(47,48)49)52-40(45)28-24-20-19-22-26-36-37(43)31-41(46)53-38(36)30-29-34(42)25-21-6-4-2/h10-11,19,22,29-30,34-38,41-43,46H,3-9,12-18,20-21,23-28,31-33H2,1-2H3,(H2,47,48,49)/b11-10-,22-19-,30-29+/t34-,35+,36-,37-,38+,41?/m0/s1. The summed E-state index contributed by atoms with van der Waals surface area (Å²) >= 11 is 0. The van der Waals surface area contributed by atoms with Crippen molar-refractivity contribution >= 4 is 19.8 Å². The molecule has 0 saturated carbocycles. The number of allylic oxidation sites excluding steroid dienone is 4. The molecule has 0 aromatic heterocycles. The van der Waals surface area contributed by atoms with Crippen molar-refractivity contribution < 1.29 is 58.0 Å². The van der Waals surface area contributed by atoms with Crippen LogP contribution in [0.2, 0.25) is 0 Å². The van der Waals surface area contributed by atoms with Gasteiger partial charge in [0.15, 0.2) is 12.4 Å². The first-order chi connectivity index (χ1) is 25.9. The van der Waals surface area contributed by atoms with Crippen LogP contribution in [0, 0.1) is 5.92 Å². The van der Waals surface area contributed by atoms with E-state index >= 15 is 0 Å². The molecule has 0 aromatic carbocycles. The number of phosphoric ester groups is 1. The van der Waals surface area contributed by atoms with E-state index in [-0.39, 0.29) is 31.8 Å². The van der Waals surface area contributed by atoms with Crippen LogP contribution >= 0.6 is 7.82 Å². The maximum absolute atomic E-state index is 12.5. The third-order valence-electron chi connectivity index (χ3n) is 9.43. The highest BCUT2D eigenvalue weighted by atomic mass is 31.2. The normalized spacial score (nSPS) is 20.6. The van der Waals surface area contributed by atoms with Gasteiger partial charge in [-0.3, -0.25) is 14.1 Å². The average Bonchev–Trinajstić information content (AvgIpc) is 3.12. The van der Waals surface area contributed by atoms with Crippen molar-refractivity contribution in [1.29, 1.82) is 0 Å². The number of phosphoric acid groups is 1. The molecule has 0 aliphatic carbocycles. The molecule has 1 aliphatic heterocycles. The van der Waals surface area contributed by atoms with Gasteiger partial charge in [-0.1, -0.05) is 121 Å². The molecule has 1 unspecified atom stereocenters.